The van der Waals surface area contributed by atoms with Gasteiger partial charge < -0.3 is 9.84 Å². The third-order valence-corrected chi connectivity index (χ3v) is 1.87. The summed E-state index contributed by atoms with van der Waals surface area (Å²) in [4.78, 5) is 1.29. The number of aliphatic hydroxyl groups excluding tert-OH is 1. The van der Waals surface area contributed by atoms with E-state index in [4.69, 9.17) is 9.84 Å². The van der Waals surface area contributed by atoms with Gasteiger partial charge in [0.1, 0.15) is 0 Å². The fraction of sp³-hybridized carbons (Fsp3) is 1.00. The van der Waals surface area contributed by atoms with Crippen LogP contribution in [0.1, 0.15) is 13.8 Å². The van der Waals surface area contributed by atoms with Gasteiger partial charge in [0.25, 0.3) is 0 Å². The van der Waals surface area contributed by atoms with Gasteiger partial charge in [0, 0.05) is 12.6 Å². The molecule has 0 aliphatic carbocycles. The van der Waals surface area contributed by atoms with E-state index in [9.17, 15) is 13.2 Å². The fourth-order valence-electron chi connectivity index (χ4n) is 1.10. The molecule has 0 aromatic heterocycles. The van der Waals surface area contributed by atoms with Gasteiger partial charge in [-0.05, 0) is 13.8 Å². The number of hydrogen-bond donors (Lipinski definition) is 1. The SMILES string of the molecule is CC(C)N(CCOCCO)CC(F)(F)F. The molecule has 0 heterocycles. The maximum Gasteiger partial charge on any atom is 0.401 e. The molecule has 0 fully saturated rings. The summed E-state index contributed by atoms with van der Waals surface area (Å²) in [6, 6.07) is -0.177. The summed E-state index contributed by atoms with van der Waals surface area (Å²) in [6.07, 6.45) is -4.18. The van der Waals surface area contributed by atoms with E-state index in [1.165, 1.54) is 4.90 Å². The summed E-state index contributed by atoms with van der Waals surface area (Å²) in [7, 11) is 0. The van der Waals surface area contributed by atoms with Crippen molar-refractivity contribution in [1.29, 1.82) is 0 Å². The van der Waals surface area contributed by atoms with Gasteiger partial charge >= 0.3 is 6.18 Å². The van der Waals surface area contributed by atoms with Gasteiger partial charge in [-0.3, -0.25) is 4.90 Å². The maximum absolute atomic E-state index is 12.1. The van der Waals surface area contributed by atoms with Gasteiger partial charge in [0.05, 0.1) is 26.4 Å². The van der Waals surface area contributed by atoms with Crippen LogP contribution in [0.15, 0.2) is 0 Å². The molecule has 0 unspecified atom stereocenters. The van der Waals surface area contributed by atoms with E-state index in [0.717, 1.165) is 0 Å². The Hall–Kier alpha value is -0.330. The van der Waals surface area contributed by atoms with Gasteiger partial charge in [0.15, 0.2) is 0 Å². The molecule has 0 radical (unpaired) electrons. The van der Waals surface area contributed by atoms with Gasteiger partial charge in [0.2, 0.25) is 0 Å². The van der Waals surface area contributed by atoms with Crippen molar-refractivity contribution in [1.82, 2.24) is 4.90 Å². The van der Waals surface area contributed by atoms with Crippen molar-refractivity contribution in [3.8, 4) is 0 Å². The minimum atomic E-state index is -4.18. The molecular formula is C9H18F3NO2. The van der Waals surface area contributed by atoms with Crippen LogP contribution >= 0.6 is 0 Å². The number of hydrogen-bond acceptors (Lipinski definition) is 3. The van der Waals surface area contributed by atoms with Crippen molar-refractivity contribution in [3.63, 3.8) is 0 Å². The smallest absolute Gasteiger partial charge is 0.394 e. The molecule has 6 heteroatoms. The highest BCUT2D eigenvalue weighted by molar-refractivity contribution is 4.66. The molecule has 15 heavy (non-hydrogen) atoms. The predicted molar refractivity (Wildman–Crippen MR) is 50.7 cm³/mol. The van der Waals surface area contributed by atoms with E-state index in [1.807, 2.05) is 0 Å². The summed E-state index contributed by atoms with van der Waals surface area (Å²) < 4.78 is 41.3. The maximum atomic E-state index is 12.1. The number of ether oxygens (including phenoxy) is 1. The average molecular weight is 229 g/mol. The van der Waals surface area contributed by atoms with E-state index in [2.05, 4.69) is 0 Å². The highest BCUT2D eigenvalue weighted by Crippen LogP contribution is 2.17. The second-order valence-electron chi connectivity index (χ2n) is 3.52. The highest BCUT2D eigenvalue weighted by Gasteiger charge is 2.31. The van der Waals surface area contributed by atoms with Crippen LogP contribution in [-0.4, -0.2) is 55.1 Å². The van der Waals surface area contributed by atoms with Crippen LogP contribution in [0, 0.1) is 0 Å². The third kappa shape index (κ3) is 8.65. The molecule has 0 aromatic carbocycles. The van der Waals surface area contributed by atoms with Crippen LogP contribution in [0.4, 0.5) is 13.2 Å². The topological polar surface area (TPSA) is 32.7 Å². The Morgan fingerprint density at radius 3 is 2.27 bits per heavy atom. The molecule has 0 aromatic rings. The van der Waals surface area contributed by atoms with Gasteiger partial charge in [-0.1, -0.05) is 0 Å². The number of aliphatic hydroxyl groups is 1. The molecule has 0 amide bonds. The Kier molecular flexibility index (Phi) is 6.87. The highest BCUT2D eigenvalue weighted by atomic mass is 19.4. The molecule has 0 saturated carbocycles. The van der Waals surface area contributed by atoms with Crippen LogP contribution in [0.5, 0.6) is 0 Å². The van der Waals surface area contributed by atoms with E-state index in [0.29, 0.717) is 0 Å². The molecule has 0 spiro atoms. The van der Waals surface area contributed by atoms with E-state index in [-0.39, 0.29) is 32.4 Å². The summed E-state index contributed by atoms with van der Waals surface area (Å²) in [6.45, 7) is 2.97. The Morgan fingerprint density at radius 1 is 1.27 bits per heavy atom. The molecule has 92 valence electrons. The van der Waals surface area contributed by atoms with Crippen molar-refractivity contribution in [3.05, 3.63) is 0 Å². The predicted octanol–water partition coefficient (Wildman–Crippen LogP) is 1.27. The molecule has 0 saturated heterocycles. The lowest BCUT2D eigenvalue weighted by atomic mass is 10.3. The fourth-order valence-corrected chi connectivity index (χ4v) is 1.10. The quantitative estimate of drug-likeness (QED) is 0.667. The second kappa shape index (κ2) is 7.03. The molecule has 1 N–H and O–H groups in total. The van der Waals surface area contributed by atoms with Crippen LogP contribution in [0.2, 0.25) is 0 Å². The molecule has 0 aliphatic heterocycles. The van der Waals surface area contributed by atoms with Crippen LogP contribution in [-0.2, 0) is 4.74 Å². The molecule has 0 bridgehead atoms. The Labute approximate surface area is 87.8 Å². The zero-order valence-electron chi connectivity index (χ0n) is 9.05. The minimum Gasteiger partial charge on any atom is -0.394 e. The molecule has 3 nitrogen and oxygen atoms in total. The zero-order valence-corrected chi connectivity index (χ0v) is 9.05. The summed E-state index contributed by atoms with van der Waals surface area (Å²) >= 11 is 0. The first kappa shape index (κ1) is 14.7. The average Bonchev–Trinajstić information content (AvgIpc) is 2.08. The van der Waals surface area contributed by atoms with Crippen molar-refractivity contribution >= 4 is 0 Å². The lowest BCUT2D eigenvalue weighted by Crippen LogP contribution is -2.41. The summed E-state index contributed by atoms with van der Waals surface area (Å²) in [5.41, 5.74) is 0. The van der Waals surface area contributed by atoms with E-state index >= 15 is 0 Å². The van der Waals surface area contributed by atoms with Crippen LogP contribution < -0.4 is 0 Å². The first-order valence-electron chi connectivity index (χ1n) is 4.86. The molecular weight excluding hydrogens is 211 g/mol. The number of nitrogens with zero attached hydrogens (tertiary/aromatic N) is 1. The molecule has 0 atom stereocenters. The van der Waals surface area contributed by atoms with Crippen molar-refractivity contribution in [2.45, 2.75) is 26.1 Å². The first-order chi connectivity index (χ1) is 6.87. The lowest BCUT2D eigenvalue weighted by Gasteiger charge is -2.27. The number of rotatable bonds is 7. The molecule has 0 aliphatic rings. The summed E-state index contributed by atoms with van der Waals surface area (Å²) in [5, 5.41) is 8.41. The van der Waals surface area contributed by atoms with E-state index in [1.54, 1.807) is 13.8 Å². The number of alkyl halides is 3. The first-order valence-corrected chi connectivity index (χ1v) is 4.86. The third-order valence-electron chi connectivity index (χ3n) is 1.87. The Balaban J connectivity index is 3.84. The standard InChI is InChI=1S/C9H18F3NO2/c1-8(2)13(7-9(10,11)12)3-5-15-6-4-14/h8,14H,3-7H2,1-2H3. The minimum absolute atomic E-state index is 0.110. The lowest BCUT2D eigenvalue weighted by molar-refractivity contribution is -0.151. The largest absolute Gasteiger partial charge is 0.401 e. The van der Waals surface area contributed by atoms with Crippen LogP contribution in [0.25, 0.3) is 0 Å². The van der Waals surface area contributed by atoms with Gasteiger partial charge in [-0.25, -0.2) is 0 Å². The summed E-state index contributed by atoms with van der Waals surface area (Å²) in [5.74, 6) is 0. The van der Waals surface area contributed by atoms with Crippen molar-refractivity contribution < 1.29 is 23.0 Å². The van der Waals surface area contributed by atoms with Crippen molar-refractivity contribution in [2.24, 2.45) is 0 Å². The van der Waals surface area contributed by atoms with Crippen molar-refractivity contribution in [2.75, 3.05) is 32.9 Å². The van der Waals surface area contributed by atoms with Crippen LogP contribution in [0.3, 0.4) is 0 Å². The normalized spacial score (nSPS) is 12.8. The second-order valence-corrected chi connectivity index (χ2v) is 3.52. The zero-order chi connectivity index (χ0) is 11.9. The van der Waals surface area contributed by atoms with Gasteiger partial charge in [-0.15, -0.1) is 0 Å². The van der Waals surface area contributed by atoms with E-state index < -0.39 is 12.7 Å². The number of halogens is 3. The monoisotopic (exact) mass is 229 g/mol. The molecule has 0 rings (SSSR count). The Morgan fingerprint density at radius 2 is 1.87 bits per heavy atom. The Bertz CT molecular complexity index is 162. The van der Waals surface area contributed by atoms with Gasteiger partial charge in [-0.2, -0.15) is 13.2 Å².